The largest absolute Gasteiger partial charge is 0.338 e. The number of carbonyl (C=O) groups is 1. The Balaban J connectivity index is 1.44. The summed E-state index contributed by atoms with van der Waals surface area (Å²) in [5.74, 6) is 0.844. The molecule has 2 aromatic rings. The fraction of sp³-hybridized carbons (Fsp3) is 0.500. The van der Waals surface area contributed by atoms with Crippen LogP contribution in [-0.4, -0.2) is 38.2 Å². The van der Waals surface area contributed by atoms with Gasteiger partial charge in [0.2, 0.25) is 5.91 Å². The summed E-state index contributed by atoms with van der Waals surface area (Å²) < 4.78 is 1.95. The Hall–Kier alpha value is -2.17. The molecule has 3 heterocycles. The summed E-state index contributed by atoms with van der Waals surface area (Å²) in [5.41, 5.74) is 1.20. The Morgan fingerprint density at radius 1 is 1.26 bits per heavy atom. The monoisotopic (exact) mass is 310 g/mol. The highest BCUT2D eigenvalue weighted by Crippen LogP contribution is 2.48. The van der Waals surface area contributed by atoms with E-state index in [0.29, 0.717) is 11.8 Å². The molecule has 0 spiro atoms. The molecule has 5 heteroatoms. The van der Waals surface area contributed by atoms with Crippen molar-refractivity contribution >= 4 is 5.91 Å². The molecule has 0 N–H and O–H groups in total. The molecule has 0 bridgehead atoms. The number of hydrogen-bond donors (Lipinski definition) is 0. The van der Waals surface area contributed by atoms with Gasteiger partial charge in [-0.3, -0.25) is 14.5 Å². The SMILES string of the molecule is O=C([C@@H]1C[C@@H]1c1cccnc1)N1CCCC[C@@H]1Cn1cccn1. The number of likely N-dealkylation sites (tertiary alicyclic amines) is 1. The van der Waals surface area contributed by atoms with Gasteiger partial charge in [-0.05, 0) is 49.3 Å². The Labute approximate surface area is 136 Å². The maximum Gasteiger partial charge on any atom is 0.226 e. The van der Waals surface area contributed by atoms with Crippen molar-refractivity contribution in [3.63, 3.8) is 0 Å². The molecule has 0 aromatic carbocycles. The maximum absolute atomic E-state index is 13.0. The van der Waals surface area contributed by atoms with Gasteiger partial charge in [0.25, 0.3) is 0 Å². The third kappa shape index (κ3) is 3.00. The smallest absolute Gasteiger partial charge is 0.226 e. The van der Waals surface area contributed by atoms with Gasteiger partial charge in [0.15, 0.2) is 0 Å². The molecule has 1 amide bonds. The van der Waals surface area contributed by atoms with Gasteiger partial charge in [0.05, 0.1) is 12.6 Å². The number of nitrogens with zero attached hydrogens (tertiary/aromatic N) is 4. The van der Waals surface area contributed by atoms with Gasteiger partial charge in [0, 0.05) is 37.3 Å². The average Bonchev–Trinajstić information content (AvgIpc) is 3.25. The summed E-state index contributed by atoms with van der Waals surface area (Å²) in [6, 6.07) is 6.26. The average molecular weight is 310 g/mol. The van der Waals surface area contributed by atoms with Crippen LogP contribution in [0.15, 0.2) is 43.0 Å². The highest BCUT2D eigenvalue weighted by Gasteiger charge is 2.47. The zero-order valence-corrected chi connectivity index (χ0v) is 13.2. The van der Waals surface area contributed by atoms with Crippen LogP contribution >= 0.6 is 0 Å². The quantitative estimate of drug-likeness (QED) is 0.871. The van der Waals surface area contributed by atoms with Crippen LogP contribution in [0.5, 0.6) is 0 Å². The van der Waals surface area contributed by atoms with Crippen molar-refractivity contribution in [3.05, 3.63) is 48.5 Å². The van der Waals surface area contributed by atoms with E-state index in [-0.39, 0.29) is 12.0 Å². The number of carbonyl (C=O) groups excluding carboxylic acids is 1. The number of aromatic nitrogens is 3. The third-order valence-corrected chi connectivity index (χ3v) is 5.09. The van der Waals surface area contributed by atoms with Crippen molar-refractivity contribution in [2.24, 2.45) is 5.92 Å². The van der Waals surface area contributed by atoms with Crippen molar-refractivity contribution in [2.45, 2.75) is 44.2 Å². The third-order valence-electron chi connectivity index (χ3n) is 5.09. The Morgan fingerprint density at radius 3 is 3.00 bits per heavy atom. The Morgan fingerprint density at radius 2 is 2.22 bits per heavy atom. The molecule has 2 aromatic heterocycles. The summed E-state index contributed by atoms with van der Waals surface area (Å²) >= 11 is 0. The van der Waals surface area contributed by atoms with Crippen molar-refractivity contribution in [2.75, 3.05) is 6.54 Å². The van der Waals surface area contributed by atoms with E-state index >= 15 is 0 Å². The van der Waals surface area contributed by atoms with Gasteiger partial charge in [0.1, 0.15) is 0 Å². The zero-order chi connectivity index (χ0) is 15.6. The fourth-order valence-electron chi connectivity index (χ4n) is 3.75. The maximum atomic E-state index is 13.0. The van der Waals surface area contributed by atoms with Crippen LogP contribution in [0, 0.1) is 5.92 Å². The summed E-state index contributed by atoms with van der Waals surface area (Å²) in [5, 5.41) is 4.30. The van der Waals surface area contributed by atoms with Crippen molar-refractivity contribution < 1.29 is 4.79 Å². The van der Waals surface area contributed by atoms with Gasteiger partial charge < -0.3 is 4.90 Å². The van der Waals surface area contributed by atoms with Gasteiger partial charge in [-0.25, -0.2) is 0 Å². The molecule has 0 unspecified atom stereocenters. The first-order valence-corrected chi connectivity index (χ1v) is 8.51. The predicted molar refractivity (Wildman–Crippen MR) is 86.7 cm³/mol. The molecule has 1 aliphatic carbocycles. The molecule has 2 fully saturated rings. The highest BCUT2D eigenvalue weighted by atomic mass is 16.2. The van der Waals surface area contributed by atoms with Crippen molar-refractivity contribution in [1.29, 1.82) is 0 Å². The van der Waals surface area contributed by atoms with E-state index in [9.17, 15) is 4.79 Å². The minimum absolute atomic E-state index is 0.150. The molecule has 1 saturated carbocycles. The molecule has 1 aliphatic heterocycles. The molecule has 5 nitrogen and oxygen atoms in total. The van der Waals surface area contributed by atoms with Gasteiger partial charge >= 0.3 is 0 Å². The normalized spacial score (nSPS) is 27.0. The molecule has 23 heavy (non-hydrogen) atoms. The minimum atomic E-state index is 0.150. The topological polar surface area (TPSA) is 51.0 Å². The molecule has 120 valence electrons. The van der Waals surface area contributed by atoms with Gasteiger partial charge in [-0.1, -0.05) is 6.07 Å². The zero-order valence-electron chi connectivity index (χ0n) is 13.2. The lowest BCUT2D eigenvalue weighted by atomic mass is 10.0. The first kappa shape index (κ1) is 14.4. The summed E-state index contributed by atoms with van der Waals surface area (Å²) in [6.45, 7) is 1.70. The lowest BCUT2D eigenvalue weighted by Gasteiger charge is -2.36. The second-order valence-electron chi connectivity index (χ2n) is 6.64. The van der Waals surface area contributed by atoms with Gasteiger partial charge in [-0.15, -0.1) is 0 Å². The molecular formula is C18H22N4O. The van der Waals surface area contributed by atoms with Crippen LogP contribution in [0.1, 0.15) is 37.2 Å². The summed E-state index contributed by atoms with van der Waals surface area (Å²) in [7, 11) is 0. The highest BCUT2D eigenvalue weighted by molar-refractivity contribution is 5.83. The molecular weight excluding hydrogens is 288 g/mol. The van der Waals surface area contributed by atoms with Gasteiger partial charge in [-0.2, -0.15) is 5.10 Å². The first-order valence-electron chi connectivity index (χ1n) is 8.51. The number of hydrogen-bond acceptors (Lipinski definition) is 3. The lowest BCUT2D eigenvalue weighted by Crippen LogP contribution is -2.46. The Kier molecular flexibility index (Phi) is 3.85. The van der Waals surface area contributed by atoms with Crippen LogP contribution < -0.4 is 0 Å². The molecule has 3 atom stereocenters. The minimum Gasteiger partial charge on any atom is -0.338 e. The van der Waals surface area contributed by atoms with Crippen LogP contribution in [0.25, 0.3) is 0 Å². The standard InChI is InChI=1S/C18H22N4O/c23-18(17-11-16(17)14-5-3-7-19-12-14)22-10-2-1-6-15(22)13-21-9-4-8-20-21/h3-5,7-9,12,15-17H,1-2,6,10-11,13H2/t15-,16-,17-/m1/s1. The van der Waals surface area contributed by atoms with E-state index in [2.05, 4.69) is 21.0 Å². The van der Waals surface area contributed by atoms with E-state index < -0.39 is 0 Å². The van der Waals surface area contributed by atoms with E-state index in [4.69, 9.17) is 0 Å². The van der Waals surface area contributed by atoms with Crippen molar-refractivity contribution in [3.8, 4) is 0 Å². The van der Waals surface area contributed by atoms with Crippen molar-refractivity contribution in [1.82, 2.24) is 19.7 Å². The molecule has 2 aliphatic rings. The van der Waals surface area contributed by atoms with E-state index in [1.807, 2.05) is 29.2 Å². The van der Waals surface area contributed by atoms with Crippen LogP contribution in [0.2, 0.25) is 0 Å². The van der Waals surface area contributed by atoms with E-state index in [1.54, 1.807) is 12.4 Å². The number of rotatable bonds is 4. The number of piperidine rings is 1. The Bertz CT molecular complexity index is 655. The molecule has 0 radical (unpaired) electrons. The first-order chi connectivity index (χ1) is 11.3. The second-order valence-corrected chi connectivity index (χ2v) is 6.64. The summed E-state index contributed by atoms with van der Waals surface area (Å²) in [4.78, 5) is 19.3. The number of amides is 1. The lowest BCUT2D eigenvalue weighted by molar-refractivity contribution is -0.136. The van der Waals surface area contributed by atoms with Crippen LogP contribution in [0.3, 0.4) is 0 Å². The molecule has 1 saturated heterocycles. The van der Waals surface area contributed by atoms with E-state index in [0.717, 1.165) is 32.4 Å². The number of pyridine rings is 1. The second kappa shape index (κ2) is 6.14. The van der Waals surface area contributed by atoms with Crippen LogP contribution in [-0.2, 0) is 11.3 Å². The fourth-order valence-corrected chi connectivity index (χ4v) is 3.75. The van der Waals surface area contributed by atoms with Crippen LogP contribution in [0.4, 0.5) is 0 Å². The summed E-state index contributed by atoms with van der Waals surface area (Å²) in [6.07, 6.45) is 11.8. The predicted octanol–water partition coefficient (Wildman–Crippen LogP) is 2.46. The molecule has 4 rings (SSSR count). The van der Waals surface area contributed by atoms with E-state index in [1.165, 1.54) is 12.0 Å².